The van der Waals surface area contributed by atoms with Gasteiger partial charge in [0.05, 0.1) is 5.52 Å². The van der Waals surface area contributed by atoms with E-state index in [-0.39, 0.29) is 0 Å². The van der Waals surface area contributed by atoms with E-state index in [4.69, 9.17) is 17.3 Å². The molecule has 0 fully saturated rings. The van der Waals surface area contributed by atoms with Crippen LogP contribution in [0.15, 0.2) is 48.5 Å². The van der Waals surface area contributed by atoms with E-state index in [0.717, 1.165) is 40.8 Å². The Morgan fingerprint density at radius 1 is 1.04 bits per heavy atom. The number of aryl methyl sites for hydroxylation is 2. The van der Waals surface area contributed by atoms with Crippen molar-refractivity contribution in [1.29, 1.82) is 0 Å². The Balaban J connectivity index is 1.60. The molecule has 0 saturated heterocycles. The predicted octanol–water partition coefficient (Wildman–Crippen LogP) is 3.97. The molecule has 0 saturated carbocycles. The number of hydrogen-bond donors (Lipinski definition) is 3. The van der Waals surface area contributed by atoms with Gasteiger partial charge in [0, 0.05) is 17.4 Å². The standard InChI is InChI=1S/C18H16ClN5/c19-17-16(12-7-8-13-14(10-12)23-24-18(13)20)21-15(22-17)9-6-11-4-2-1-3-5-11/h1-5,7-8,10H,6,9H2,(H,21,22)(H3,20,23,24). The Kier molecular flexibility index (Phi) is 3.70. The molecule has 5 nitrogen and oxygen atoms in total. The molecule has 2 heterocycles. The molecule has 4 rings (SSSR count). The van der Waals surface area contributed by atoms with E-state index in [2.05, 4.69) is 32.3 Å². The van der Waals surface area contributed by atoms with Crippen LogP contribution < -0.4 is 5.73 Å². The van der Waals surface area contributed by atoms with Crippen molar-refractivity contribution >= 4 is 28.3 Å². The van der Waals surface area contributed by atoms with E-state index in [1.165, 1.54) is 5.56 Å². The van der Waals surface area contributed by atoms with Gasteiger partial charge in [-0.25, -0.2) is 4.98 Å². The summed E-state index contributed by atoms with van der Waals surface area (Å²) in [4.78, 5) is 7.83. The number of H-pyrrole nitrogens is 2. The van der Waals surface area contributed by atoms with Gasteiger partial charge in [-0.15, -0.1) is 0 Å². The third kappa shape index (κ3) is 2.74. The van der Waals surface area contributed by atoms with E-state index in [1.807, 2.05) is 36.4 Å². The van der Waals surface area contributed by atoms with Crippen LogP contribution in [0.25, 0.3) is 22.2 Å². The van der Waals surface area contributed by atoms with Crippen LogP contribution in [0.5, 0.6) is 0 Å². The van der Waals surface area contributed by atoms with Crippen LogP contribution in [-0.4, -0.2) is 20.2 Å². The van der Waals surface area contributed by atoms with E-state index >= 15 is 0 Å². The number of nitrogens with one attached hydrogen (secondary N) is 2. The Morgan fingerprint density at radius 2 is 1.88 bits per heavy atom. The number of hydrogen-bond acceptors (Lipinski definition) is 3. The molecule has 4 N–H and O–H groups in total. The Hall–Kier alpha value is -2.79. The third-order valence-corrected chi connectivity index (χ3v) is 4.34. The molecule has 0 spiro atoms. The van der Waals surface area contributed by atoms with Gasteiger partial charge in [0.1, 0.15) is 16.7 Å². The zero-order chi connectivity index (χ0) is 16.5. The number of nitrogens with zero attached hydrogens (tertiary/aromatic N) is 2. The fourth-order valence-electron chi connectivity index (χ4n) is 2.80. The first-order valence-electron chi connectivity index (χ1n) is 7.73. The van der Waals surface area contributed by atoms with Crippen LogP contribution in [0.3, 0.4) is 0 Å². The summed E-state index contributed by atoms with van der Waals surface area (Å²) in [7, 11) is 0. The molecule has 4 aromatic rings. The molecule has 0 aliphatic carbocycles. The fourth-order valence-corrected chi connectivity index (χ4v) is 3.06. The third-order valence-electron chi connectivity index (χ3n) is 4.07. The minimum Gasteiger partial charge on any atom is -0.382 e. The molecule has 2 aromatic heterocycles. The first kappa shape index (κ1) is 14.8. The van der Waals surface area contributed by atoms with Crippen LogP contribution in [0, 0.1) is 0 Å². The summed E-state index contributed by atoms with van der Waals surface area (Å²) in [6.07, 6.45) is 1.73. The highest BCUT2D eigenvalue weighted by molar-refractivity contribution is 6.32. The minimum absolute atomic E-state index is 0.494. The van der Waals surface area contributed by atoms with Gasteiger partial charge in [-0.3, -0.25) is 5.10 Å². The number of aromatic amines is 2. The number of nitrogens with two attached hydrogens (primary N) is 1. The second kappa shape index (κ2) is 6.02. The summed E-state index contributed by atoms with van der Waals surface area (Å²) >= 11 is 6.35. The molecular formula is C18H16ClN5. The van der Waals surface area contributed by atoms with Crippen LogP contribution in [0.4, 0.5) is 5.82 Å². The highest BCUT2D eigenvalue weighted by Crippen LogP contribution is 2.29. The van der Waals surface area contributed by atoms with Crippen LogP contribution in [0.2, 0.25) is 5.15 Å². The highest BCUT2D eigenvalue weighted by atomic mass is 35.5. The summed E-state index contributed by atoms with van der Waals surface area (Å²) < 4.78 is 0. The van der Waals surface area contributed by atoms with E-state index in [9.17, 15) is 0 Å². The number of fused-ring (bicyclic) bond motifs is 1. The van der Waals surface area contributed by atoms with Crippen molar-refractivity contribution in [3.8, 4) is 11.3 Å². The van der Waals surface area contributed by atoms with E-state index in [0.29, 0.717) is 11.0 Å². The molecule has 6 heteroatoms. The highest BCUT2D eigenvalue weighted by Gasteiger charge is 2.12. The summed E-state index contributed by atoms with van der Waals surface area (Å²) in [5.41, 5.74) is 9.63. The van der Waals surface area contributed by atoms with Crippen molar-refractivity contribution in [2.75, 3.05) is 5.73 Å². The lowest BCUT2D eigenvalue weighted by molar-refractivity contribution is 0.885. The summed E-state index contributed by atoms with van der Waals surface area (Å²) in [5, 5.41) is 8.37. The fraction of sp³-hybridized carbons (Fsp3) is 0.111. The maximum Gasteiger partial charge on any atom is 0.153 e. The Bertz CT molecular complexity index is 987. The molecule has 0 aliphatic heterocycles. The molecule has 0 amide bonds. The van der Waals surface area contributed by atoms with Crippen molar-refractivity contribution in [3.05, 3.63) is 65.1 Å². The quantitative estimate of drug-likeness (QED) is 0.526. The van der Waals surface area contributed by atoms with Gasteiger partial charge in [-0.1, -0.05) is 48.0 Å². The molecule has 0 radical (unpaired) electrons. The summed E-state index contributed by atoms with van der Waals surface area (Å²) in [6, 6.07) is 16.2. The zero-order valence-electron chi connectivity index (χ0n) is 12.9. The van der Waals surface area contributed by atoms with Gasteiger partial charge in [0.15, 0.2) is 5.82 Å². The average molecular weight is 338 g/mol. The number of nitrogen functional groups attached to an aromatic ring is 1. The smallest absolute Gasteiger partial charge is 0.153 e. The maximum atomic E-state index is 6.35. The molecule has 0 unspecified atom stereocenters. The minimum atomic E-state index is 0.494. The molecule has 0 aliphatic rings. The second-order valence-electron chi connectivity index (χ2n) is 5.70. The Labute approximate surface area is 143 Å². The Morgan fingerprint density at radius 3 is 2.71 bits per heavy atom. The lowest BCUT2D eigenvalue weighted by Crippen LogP contribution is -1.93. The van der Waals surface area contributed by atoms with Crippen LogP contribution >= 0.6 is 11.6 Å². The molecule has 0 atom stereocenters. The van der Waals surface area contributed by atoms with Gasteiger partial charge in [0.25, 0.3) is 0 Å². The SMILES string of the molecule is Nc1n[nH]c2cc(-c3nc(CCc4ccccc4)[nH]c3Cl)ccc12. The monoisotopic (exact) mass is 337 g/mol. The van der Waals surface area contributed by atoms with Crippen LogP contribution in [-0.2, 0) is 12.8 Å². The number of imidazole rings is 1. The topological polar surface area (TPSA) is 83.4 Å². The lowest BCUT2D eigenvalue weighted by atomic mass is 10.1. The first-order chi connectivity index (χ1) is 11.7. The van der Waals surface area contributed by atoms with Crippen molar-refractivity contribution in [1.82, 2.24) is 20.2 Å². The van der Waals surface area contributed by atoms with Gasteiger partial charge in [-0.05, 0) is 24.1 Å². The average Bonchev–Trinajstić information content (AvgIpc) is 3.17. The molecule has 120 valence electrons. The maximum absolute atomic E-state index is 6.35. The number of rotatable bonds is 4. The van der Waals surface area contributed by atoms with Crippen LogP contribution in [0.1, 0.15) is 11.4 Å². The van der Waals surface area contributed by atoms with E-state index in [1.54, 1.807) is 0 Å². The van der Waals surface area contributed by atoms with Crippen molar-refractivity contribution in [2.24, 2.45) is 0 Å². The van der Waals surface area contributed by atoms with E-state index < -0.39 is 0 Å². The summed E-state index contributed by atoms with van der Waals surface area (Å²) in [5.74, 6) is 1.37. The number of benzene rings is 2. The lowest BCUT2D eigenvalue weighted by Gasteiger charge is -1.99. The van der Waals surface area contributed by atoms with Crippen molar-refractivity contribution in [2.45, 2.75) is 12.8 Å². The number of aromatic nitrogens is 4. The molecule has 24 heavy (non-hydrogen) atoms. The van der Waals surface area contributed by atoms with Crippen molar-refractivity contribution < 1.29 is 0 Å². The van der Waals surface area contributed by atoms with Gasteiger partial charge in [-0.2, -0.15) is 5.10 Å². The number of anilines is 1. The van der Waals surface area contributed by atoms with Gasteiger partial charge >= 0.3 is 0 Å². The molecular weight excluding hydrogens is 322 g/mol. The number of halogens is 1. The first-order valence-corrected chi connectivity index (χ1v) is 8.11. The van der Waals surface area contributed by atoms with Crippen molar-refractivity contribution in [3.63, 3.8) is 0 Å². The second-order valence-corrected chi connectivity index (χ2v) is 6.08. The largest absolute Gasteiger partial charge is 0.382 e. The normalized spacial score (nSPS) is 11.2. The predicted molar refractivity (Wildman–Crippen MR) is 96.9 cm³/mol. The molecule has 0 bridgehead atoms. The van der Waals surface area contributed by atoms with Gasteiger partial charge in [0.2, 0.25) is 0 Å². The zero-order valence-corrected chi connectivity index (χ0v) is 13.6. The van der Waals surface area contributed by atoms with Gasteiger partial charge < -0.3 is 10.7 Å². The molecule has 2 aromatic carbocycles. The summed E-state index contributed by atoms with van der Waals surface area (Å²) in [6.45, 7) is 0.